The number of benzene rings is 1. The molecule has 1 N–H and O–H groups in total. The van der Waals surface area contributed by atoms with E-state index in [4.69, 9.17) is 4.74 Å². The molecule has 3 heterocycles. The number of thiazole rings is 1. The first-order valence-electron chi connectivity index (χ1n) is 12.5. The number of carbonyl (C=O) groups is 2. The Morgan fingerprint density at radius 2 is 2.00 bits per heavy atom. The minimum Gasteiger partial charge on any atom is -0.618 e. The number of rotatable bonds is 6. The van der Waals surface area contributed by atoms with Crippen LogP contribution < -0.4 is 14.8 Å². The molecule has 5 rings (SSSR count). The zero-order valence-electron chi connectivity index (χ0n) is 20.3. The summed E-state index contributed by atoms with van der Waals surface area (Å²) in [7, 11) is 1.66. The summed E-state index contributed by atoms with van der Waals surface area (Å²) in [6.45, 7) is 0.797. The van der Waals surface area contributed by atoms with Crippen molar-refractivity contribution >= 4 is 28.3 Å². The van der Waals surface area contributed by atoms with Gasteiger partial charge in [0.05, 0.1) is 18.7 Å². The number of methoxy groups -OCH3 is 1. The summed E-state index contributed by atoms with van der Waals surface area (Å²) in [5.41, 5.74) is 3.09. The van der Waals surface area contributed by atoms with Crippen molar-refractivity contribution in [2.45, 2.75) is 44.4 Å². The van der Waals surface area contributed by atoms with Gasteiger partial charge in [0.2, 0.25) is 5.91 Å². The van der Waals surface area contributed by atoms with E-state index in [0.29, 0.717) is 35.2 Å². The molecule has 2 aromatic heterocycles. The van der Waals surface area contributed by atoms with Gasteiger partial charge in [-0.3, -0.25) is 9.59 Å². The van der Waals surface area contributed by atoms with Crippen molar-refractivity contribution in [1.82, 2.24) is 9.88 Å². The molecule has 1 aromatic carbocycles. The average Bonchev–Trinajstić information content (AvgIpc) is 3.61. The maximum atomic E-state index is 13.1. The van der Waals surface area contributed by atoms with Crippen molar-refractivity contribution < 1.29 is 19.1 Å². The van der Waals surface area contributed by atoms with Gasteiger partial charge in [-0.05, 0) is 55.4 Å². The number of aromatic nitrogens is 2. The standard InChI is InChI=1S/C27H30N4O4S/c1-35-24-12-11-19(18-7-2-3-8-18)15-21(24)22-17-36-27(28-22)29-25(32)20-9-6-13-30(16-20)26(33)23-10-4-5-14-31(23)34/h4-5,10-12,14-15,17-18,20H,2-3,6-9,13,16H2,1H3,(H,28,29,32). The molecule has 1 saturated heterocycles. The van der Waals surface area contributed by atoms with Crippen LogP contribution in [-0.2, 0) is 4.79 Å². The van der Waals surface area contributed by atoms with Gasteiger partial charge in [-0.25, -0.2) is 4.98 Å². The Kier molecular flexibility index (Phi) is 7.18. The lowest BCUT2D eigenvalue weighted by molar-refractivity contribution is -0.608. The van der Waals surface area contributed by atoms with Gasteiger partial charge in [0.15, 0.2) is 11.3 Å². The molecule has 1 aliphatic carbocycles. The fraction of sp³-hybridized carbons (Fsp3) is 0.407. The Bertz CT molecular complexity index is 1250. The smallest absolute Gasteiger partial charge is 0.319 e. The minimum atomic E-state index is -0.362. The van der Waals surface area contributed by atoms with Crippen molar-refractivity contribution in [3.05, 3.63) is 64.4 Å². The number of ether oxygens (including phenoxy) is 1. The summed E-state index contributed by atoms with van der Waals surface area (Å²) in [5, 5.41) is 17.4. The molecular weight excluding hydrogens is 476 g/mol. The highest BCUT2D eigenvalue weighted by Crippen LogP contribution is 2.39. The predicted octanol–water partition coefficient (Wildman–Crippen LogP) is 4.60. The van der Waals surface area contributed by atoms with E-state index in [1.807, 2.05) is 11.4 Å². The van der Waals surface area contributed by atoms with Crippen LogP contribution in [0.25, 0.3) is 11.3 Å². The Labute approximate surface area is 214 Å². The molecule has 188 valence electrons. The van der Waals surface area contributed by atoms with E-state index in [9.17, 15) is 14.8 Å². The predicted molar refractivity (Wildman–Crippen MR) is 138 cm³/mol. The molecule has 2 amide bonds. The molecule has 9 heteroatoms. The van der Waals surface area contributed by atoms with Gasteiger partial charge in [0.1, 0.15) is 5.75 Å². The largest absolute Gasteiger partial charge is 0.618 e. The number of hydrogen-bond donors (Lipinski definition) is 1. The van der Waals surface area contributed by atoms with Gasteiger partial charge in [0.25, 0.3) is 5.69 Å². The maximum Gasteiger partial charge on any atom is 0.319 e. The molecule has 8 nitrogen and oxygen atoms in total. The maximum absolute atomic E-state index is 13.1. The SMILES string of the molecule is COc1ccc(C2CCCC2)cc1-c1csc(NC(=O)C2CCCN(C(=O)c3cccc[n+]3[O-])C2)n1. The molecule has 0 radical (unpaired) electrons. The molecular formula is C27H30N4O4S. The van der Waals surface area contributed by atoms with Crippen LogP contribution in [0.4, 0.5) is 5.13 Å². The average molecular weight is 507 g/mol. The highest BCUT2D eigenvalue weighted by atomic mass is 32.1. The summed E-state index contributed by atoms with van der Waals surface area (Å²) in [6, 6.07) is 11.1. The molecule has 1 atom stereocenters. The lowest BCUT2D eigenvalue weighted by atomic mass is 9.95. The van der Waals surface area contributed by atoms with E-state index in [-0.39, 0.29) is 30.0 Å². The van der Waals surface area contributed by atoms with E-state index >= 15 is 0 Å². The van der Waals surface area contributed by atoms with Crippen molar-refractivity contribution in [3.63, 3.8) is 0 Å². The number of nitrogens with one attached hydrogen (secondary N) is 1. The normalized spacial score (nSPS) is 18.2. The summed E-state index contributed by atoms with van der Waals surface area (Å²) >= 11 is 1.38. The molecule has 0 spiro atoms. The third-order valence-electron chi connectivity index (χ3n) is 7.18. The Balaban J connectivity index is 1.27. The number of hydrogen-bond acceptors (Lipinski definition) is 6. The number of nitrogens with zero attached hydrogens (tertiary/aromatic N) is 3. The summed E-state index contributed by atoms with van der Waals surface area (Å²) in [6.07, 6.45) is 7.64. The monoisotopic (exact) mass is 506 g/mol. The van der Waals surface area contributed by atoms with E-state index in [0.717, 1.165) is 17.0 Å². The highest BCUT2D eigenvalue weighted by molar-refractivity contribution is 7.14. The van der Waals surface area contributed by atoms with E-state index < -0.39 is 0 Å². The number of pyridine rings is 1. The van der Waals surface area contributed by atoms with Crippen LogP contribution in [0.1, 0.15) is 60.5 Å². The fourth-order valence-corrected chi connectivity index (χ4v) is 5.95. The number of carbonyl (C=O) groups excluding carboxylic acids is 2. The third kappa shape index (κ3) is 5.06. The van der Waals surface area contributed by atoms with Gasteiger partial charge >= 0.3 is 5.91 Å². The molecule has 36 heavy (non-hydrogen) atoms. The molecule has 0 bridgehead atoms. The van der Waals surface area contributed by atoms with E-state index in [1.165, 1.54) is 54.8 Å². The number of piperidine rings is 1. The van der Waals surface area contributed by atoms with Crippen molar-refractivity contribution in [3.8, 4) is 17.0 Å². The van der Waals surface area contributed by atoms with Gasteiger partial charge in [-0.15, -0.1) is 11.3 Å². The summed E-state index contributed by atoms with van der Waals surface area (Å²) < 4.78 is 6.17. The number of likely N-dealkylation sites (tertiary alicyclic amines) is 1. The number of amides is 2. The second-order valence-corrected chi connectivity index (χ2v) is 10.3. The number of anilines is 1. The second-order valence-electron chi connectivity index (χ2n) is 9.47. The quantitative estimate of drug-likeness (QED) is 0.389. The molecule has 3 aromatic rings. The zero-order chi connectivity index (χ0) is 25.1. The summed E-state index contributed by atoms with van der Waals surface area (Å²) in [4.78, 5) is 32.2. The first kappa shape index (κ1) is 24.2. The fourth-order valence-electron chi connectivity index (χ4n) is 5.23. The Morgan fingerprint density at radius 1 is 1.17 bits per heavy atom. The molecule has 1 saturated carbocycles. The van der Waals surface area contributed by atoms with Gasteiger partial charge in [-0.2, -0.15) is 4.73 Å². The van der Waals surface area contributed by atoms with Crippen molar-refractivity contribution in [1.29, 1.82) is 0 Å². The topological polar surface area (TPSA) is 98.5 Å². The minimum absolute atomic E-state index is 0.0666. The molecule has 2 fully saturated rings. The van der Waals surface area contributed by atoms with Crippen LogP contribution in [0.3, 0.4) is 0 Å². The van der Waals surface area contributed by atoms with Crippen LogP contribution in [0.5, 0.6) is 5.75 Å². The van der Waals surface area contributed by atoms with Crippen LogP contribution >= 0.6 is 11.3 Å². The lowest BCUT2D eigenvalue weighted by Gasteiger charge is -2.31. The van der Waals surface area contributed by atoms with E-state index in [1.54, 1.807) is 24.1 Å². The van der Waals surface area contributed by atoms with Crippen LogP contribution in [0, 0.1) is 11.1 Å². The Morgan fingerprint density at radius 3 is 2.78 bits per heavy atom. The molecule has 1 unspecified atom stereocenters. The van der Waals surface area contributed by atoms with Gasteiger partial charge < -0.3 is 20.2 Å². The van der Waals surface area contributed by atoms with Crippen molar-refractivity contribution in [2.75, 3.05) is 25.5 Å². The van der Waals surface area contributed by atoms with Crippen LogP contribution in [0.15, 0.2) is 48.0 Å². The first-order valence-corrected chi connectivity index (χ1v) is 13.3. The van der Waals surface area contributed by atoms with E-state index in [2.05, 4.69) is 22.4 Å². The Hall–Kier alpha value is -3.46. The van der Waals surface area contributed by atoms with Crippen LogP contribution in [-0.4, -0.2) is 41.9 Å². The molecule has 1 aliphatic heterocycles. The van der Waals surface area contributed by atoms with Gasteiger partial charge in [0, 0.05) is 36.2 Å². The highest BCUT2D eigenvalue weighted by Gasteiger charge is 2.32. The summed E-state index contributed by atoms with van der Waals surface area (Å²) in [5.74, 6) is 0.463. The molecule has 2 aliphatic rings. The second kappa shape index (κ2) is 10.7. The van der Waals surface area contributed by atoms with Gasteiger partial charge in [-0.1, -0.05) is 18.9 Å². The first-order chi connectivity index (χ1) is 17.5. The zero-order valence-corrected chi connectivity index (χ0v) is 21.1. The van der Waals surface area contributed by atoms with Crippen LogP contribution in [0.2, 0.25) is 0 Å². The van der Waals surface area contributed by atoms with Crippen molar-refractivity contribution in [2.24, 2.45) is 5.92 Å². The third-order valence-corrected chi connectivity index (χ3v) is 7.94. The lowest BCUT2D eigenvalue weighted by Crippen LogP contribution is -2.47.